The molecule has 0 aromatic heterocycles. The second-order valence-electron chi connectivity index (χ2n) is 2.03. The molecule has 1 aromatic rings. The van der Waals surface area contributed by atoms with Gasteiger partial charge in [0.1, 0.15) is 5.02 Å². The quantitative estimate of drug-likeness (QED) is 0.519. The molecular weight excluding hydrogens is 182 g/mol. The van der Waals surface area contributed by atoms with Crippen LogP contribution in [-0.4, -0.2) is 11.2 Å². The minimum atomic E-state index is -0.614. The lowest BCUT2D eigenvalue weighted by Crippen LogP contribution is -1.90. The van der Waals surface area contributed by atoms with Gasteiger partial charge in [0.05, 0.1) is 4.92 Å². The molecular formula is C7H3ClNO3. The van der Waals surface area contributed by atoms with E-state index < -0.39 is 4.92 Å². The largest absolute Gasteiger partial charge is 0.287 e. The Kier molecular flexibility index (Phi) is 2.40. The molecule has 0 aliphatic rings. The Bertz CT molecular complexity index is 337. The molecule has 0 bridgehead atoms. The highest BCUT2D eigenvalue weighted by molar-refractivity contribution is 6.32. The molecule has 61 valence electrons. The summed E-state index contributed by atoms with van der Waals surface area (Å²) in [5, 5.41) is 10.2. The van der Waals surface area contributed by atoms with E-state index in [0.29, 0.717) is 0 Å². The van der Waals surface area contributed by atoms with Crippen molar-refractivity contribution in [2.75, 3.05) is 0 Å². The summed E-state index contributed by atoms with van der Waals surface area (Å²) < 4.78 is 0. The fourth-order valence-electron chi connectivity index (χ4n) is 0.718. The monoisotopic (exact) mass is 184 g/mol. The van der Waals surface area contributed by atoms with Gasteiger partial charge in [-0.1, -0.05) is 11.6 Å². The summed E-state index contributed by atoms with van der Waals surface area (Å²) in [6.45, 7) is 0. The van der Waals surface area contributed by atoms with Crippen molar-refractivity contribution in [3.63, 3.8) is 0 Å². The Hall–Kier alpha value is -1.42. The normalized spacial score (nSPS) is 9.42. The number of nitro groups is 1. The van der Waals surface area contributed by atoms with E-state index in [1.165, 1.54) is 18.2 Å². The van der Waals surface area contributed by atoms with Gasteiger partial charge >= 0.3 is 0 Å². The highest BCUT2D eigenvalue weighted by Crippen LogP contribution is 2.23. The molecule has 1 rings (SSSR count). The van der Waals surface area contributed by atoms with Crippen LogP contribution in [0.2, 0.25) is 5.02 Å². The minimum Gasteiger partial charge on any atom is -0.285 e. The standard InChI is InChI=1S/C7H3ClNO3/c8-6-3-5(4-10)1-2-7(6)9(11)12/h1-3H. The van der Waals surface area contributed by atoms with Crippen LogP contribution < -0.4 is 0 Å². The maximum atomic E-state index is 10.2. The molecule has 4 nitrogen and oxygen atoms in total. The summed E-state index contributed by atoms with van der Waals surface area (Å²) in [5.74, 6) is 0. The van der Waals surface area contributed by atoms with Crippen molar-refractivity contribution in [1.82, 2.24) is 0 Å². The minimum absolute atomic E-state index is 0.0548. The van der Waals surface area contributed by atoms with Crippen molar-refractivity contribution in [3.05, 3.63) is 38.9 Å². The highest BCUT2D eigenvalue weighted by Gasteiger charge is 2.11. The van der Waals surface area contributed by atoms with Crippen molar-refractivity contribution in [2.24, 2.45) is 0 Å². The second kappa shape index (κ2) is 3.32. The van der Waals surface area contributed by atoms with Crippen LogP contribution in [0.15, 0.2) is 18.2 Å². The molecule has 0 unspecified atom stereocenters. The maximum Gasteiger partial charge on any atom is 0.287 e. The summed E-state index contributed by atoms with van der Waals surface area (Å²) in [6, 6.07) is 3.66. The van der Waals surface area contributed by atoms with Crippen molar-refractivity contribution >= 4 is 23.6 Å². The fraction of sp³-hybridized carbons (Fsp3) is 0. The predicted octanol–water partition coefficient (Wildman–Crippen LogP) is 1.71. The van der Waals surface area contributed by atoms with Crippen LogP contribution in [0.4, 0.5) is 5.69 Å². The smallest absolute Gasteiger partial charge is 0.285 e. The maximum absolute atomic E-state index is 10.2. The molecule has 0 amide bonds. The second-order valence-corrected chi connectivity index (χ2v) is 2.43. The highest BCUT2D eigenvalue weighted by atomic mass is 35.5. The molecule has 1 aromatic carbocycles. The SMILES string of the molecule is O=[C]c1ccc([N+](=O)[O-])c(Cl)c1. The zero-order valence-electron chi connectivity index (χ0n) is 5.78. The van der Waals surface area contributed by atoms with Crippen LogP contribution in [-0.2, 0) is 4.79 Å². The van der Waals surface area contributed by atoms with Gasteiger partial charge in [0.15, 0.2) is 0 Å². The zero-order valence-corrected chi connectivity index (χ0v) is 6.54. The molecule has 12 heavy (non-hydrogen) atoms. The van der Waals surface area contributed by atoms with Gasteiger partial charge in [-0.05, 0) is 12.1 Å². The molecule has 0 aliphatic heterocycles. The average Bonchev–Trinajstić information content (AvgIpc) is 2.03. The lowest BCUT2D eigenvalue weighted by molar-refractivity contribution is -0.384. The Balaban J connectivity index is 3.20. The van der Waals surface area contributed by atoms with Crippen LogP contribution in [0.5, 0.6) is 0 Å². The topological polar surface area (TPSA) is 60.2 Å². The molecule has 0 heterocycles. The average molecular weight is 185 g/mol. The van der Waals surface area contributed by atoms with E-state index in [4.69, 9.17) is 11.6 Å². The molecule has 0 aliphatic carbocycles. The number of rotatable bonds is 2. The molecule has 5 heteroatoms. The van der Waals surface area contributed by atoms with Crippen LogP contribution in [0, 0.1) is 10.1 Å². The predicted molar refractivity (Wildman–Crippen MR) is 42.9 cm³/mol. The molecule has 0 N–H and O–H groups in total. The molecule has 0 fully saturated rings. The lowest BCUT2D eigenvalue weighted by Gasteiger charge is -1.93. The Morgan fingerprint density at radius 1 is 1.50 bits per heavy atom. The van der Waals surface area contributed by atoms with Crippen molar-refractivity contribution in [3.8, 4) is 0 Å². The summed E-state index contributed by atoms with van der Waals surface area (Å²) in [4.78, 5) is 19.7. The van der Waals surface area contributed by atoms with Gasteiger partial charge in [-0.3, -0.25) is 14.9 Å². The number of nitro benzene ring substituents is 1. The first-order valence-corrected chi connectivity index (χ1v) is 3.35. The van der Waals surface area contributed by atoms with E-state index in [-0.39, 0.29) is 16.3 Å². The number of carbonyl (C=O) groups excluding carboxylic acids is 1. The van der Waals surface area contributed by atoms with E-state index in [9.17, 15) is 14.9 Å². The number of hydrogen-bond donors (Lipinski definition) is 0. The number of benzene rings is 1. The van der Waals surface area contributed by atoms with E-state index in [2.05, 4.69) is 0 Å². The van der Waals surface area contributed by atoms with Crippen molar-refractivity contribution in [1.29, 1.82) is 0 Å². The van der Waals surface area contributed by atoms with Gasteiger partial charge in [0, 0.05) is 11.6 Å². The first-order valence-electron chi connectivity index (χ1n) is 2.97. The van der Waals surface area contributed by atoms with E-state index in [0.717, 1.165) is 0 Å². The molecule has 0 saturated heterocycles. The molecule has 0 spiro atoms. The van der Waals surface area contributed by atoms with Gasteiger partial charge < -0.3 is 0 Å². The zero-order chi connectivity index (χ0) is 9.14. The number of halogens is 1. The Morgan fingerprint density at radius 3 is 2.58 bits per heavy atom. The Labute approximate surface area is 72.9 Å². The van der Waals surface area contributed by atoms with Crippen LogP contribution in [0.3, 0.4) is 0 Å². The first kappa shape index (κ1) is 8.67. The van der Waals surface area contributed by atoms with Gasteiger partial charge in [0.25, 0.3) is 5.69 Å². The summed E-state index contributed by atoms with van der Waals surface area (Å²) in [7, 11) is 0. The van der Waals surface area contributed by atoms with Gasteiger partial charge in [0.2, 0.25) is 6.29 Å². The van der Waals surface area contributed by atoms with Crippen molar-refractivity contribution < 1.29 is 9.72 Å². The summed E-state index contributed by atoms with van der Waals surface area (Å²) in [6.07, 6.45) is 1.58. The molecule has 0 saturated carbocycles. The van der Waals surface area contributed by atoms with E-state index >= 15 is 0 Å². The first-order chi connectivity index (χ1) is 5.65. The van der Waals surface area contributed by atoms with Gasteiger partial charge in [-0.15, -0.1) is 0 Å². The molecule has 1 radical (unpaired) electrons. The summed E-state index contributed by atoms with van der Waals surface area (Å²) in [5.41, 5.74) is -0.0127. The third-order valence-corrected chi connectivity index (χ3v) is 1.56. The molecule has 0 atom stereocenters. The van der Waals surface area contributed by atoms with E-state index in [1.807, 2.05) is 0 Å². The number of hydrogen-bond acceptors (Lipinski definition) is 3. The van der Waals surface area contributed by atoms with Crippen LogP contribution in [0.25, 0.3) is 0 Å². The fourth-order valence-corrected chi connectivity index (χ4v) is 0.968. The lowest BCUT2D eigenvalue weighted by atomic mass is 10.2. The number of nitrogens with zero attached hydrogens (tertiary/aromatic N) is 1. The van der Waals surface area contributed by atoms with Crippen molar-refractivity contribution in [2.45, 2.75) is 0 Å². The van der Waals surface area contributed by atoms with Gasteiger partial charge in [-0.25, -0.2) is 0 Å². The van der Waals surface area contributed by atoms with E-state index in [1.54, 1.807) is 6.29 Å². The van der Waals surface area contributed by atoms with Crippen LogP contribution in [0.1, 0.15) is 5.56 Å². The van der Waals surface area contributed by atoms with Gasteiger partial charge in [-0.2, -0.15) is 0 Å². The third kappa shape index (κ3) is 1.60. The third-order valence-electron chi connectivity index (χ3n) is 1.26. The Morgan fingerprint density at radius 2 is 2.17 bits per heavy atom. The van der Waals surface area contributed by atoms with Crippen LogP contribution >= 0.6 is 11.6 Å². The summed E-state index contributed by atoms with van der Waals surface area (Å²) >= 11 is 5.48.